The lowest BCUT2D eigenvalue weighted by Gasteiger charge is -2.28. The number of alkyl halides is 1. The second-order valence-electron chi connectivity index (χ2n) is 9.24. The summed E-state index contributed by atoms with van der Waals surface area (Å²) in [6, 6.07) is 14.4. The number of thioether (sulfide) groups is 1. The fourth-order valence-corrected chi connectivity index (χ4v) is 5.31. The van der Waals surface area contributed by atoms with Crippen LogP contribution in [0.5, 0.6) is 11.5 Å². The highest BCUT2D eigenvalue weighted by Gasteiger charge is 2.24. The van der Waals surface area contributed by atoms with Gasteiger partial charge >= 0.3 is 0 Å². The van der Waals surface area contributed by atoms with Crippen LogP contribution < -0.4 is 9.47 Å². The SMILES string of the molecule is C[C@@H](CCl)COc1ccc(C(C)(C)c2ccc(OC[C@H](O)CN3CCSCC3)cc2)cc1Br. The number of benzene rings is 2. The molecular formula is C26H35BrClNO3S. The van der Waals surface area contributed by atoms with Gasteiger partial charge in [0.25, 0.3) is 0 Å². The first-order valence-corrected chi connectivity index (χ1v) is 14.0. The maximum atomic E-state index is 10.3. The minimum Gasteiger partial charge on any atom is -0.492 e. The molecule has 3 rings (SSSR count). The van der Waals surface area contributed by atoms with Crippen LogP contribution >= 0.6 is 39.3 Å². The maximum absolute atomic E-state index is 10.3. The van der Waals surface area contributed by atoms with Gasteiger partial charge in [-0.1, -0.05) is 39.0 Å². The van der Waals surface area contributed by atoms with Crippen LogP contribution in [-0.4, -0.2) is 66.3 Å². The summed E-state index contributed by atoms with van der Waals surface area (Å²) >= 11 is 11.5. The summed E-state index contributed by atoms with van der Waals surface area (Å²) in [5.74, 6) is 4.78. The van der Waals surface area contributed by atoms with Gasteiger partial charge < -0.3 is 14.6 Å². The lowest BCUT2D eigenvalue weighted by Crippen LogP contribution is -2.40. The second-order valence-corrected chi connectivity index (χ2v) is 11.6. The van der Waals surface area contributed by atoms with E-state index in [4.69, 9.17) is 21.1 Å². The third-order valence-corrected chi connectivity index (χ3v) is 8.12. The van der Waals surface area contributed by atoms with Crippen molar-refractivity contribution in [2.24, 2.45) is 5.92 Å². The van der Waals surface area contributed by atoms with E-state index in [0.29, 0.717) is 31.6 Å². The van der Waals surface area contributed by atoms with Gasteiger partial charge in [-0.2, -0.15) is 11.8 Å². The van der Waals surface area contributed by atoms with Crippen LogP contribution in [0.15, 0.2) is 46.9 Å². The maximum Gasteiger partial charge on any atom is 0.133 e. The van der Waals surface area contributed by atoms with E-state index in [2.05, 4.69) is 65.9 Å². The van der Waals surface area contributed by atoms with Crippen molar-refractivity contribution in [1.82, 2.24) is 4.90 Å². The van der Waals surface area contributed by atoms with Gasteiger partial charge in [0, 0.05) is 48.4 Å². The first kappa shape index (κ1) is 26.7. The van der Waals surface area contributed by atoms with Crippen molar-refractivity contribution in [1.29, 1.82) is 0 Å². The third kappa shape index (κ3) is 7.79. The molecule has 0 aromatic heterocycles. The Morgan fingerprint density at radius 3 is 2.36 bits per heavy atom. The molecule has 1 saturated heterocycles. The van der Waals surface area contributed by atoms with Crippen LogP contribution in [0.1, 0.15) is 31.9 Å². The quantitative estimate of drug-likeness (QED) is 0.354. The predicted molar refractivity (Wildman–Crippen MR) is 143 cm³/mol. The Hall–Kier alpha value is -0.920. The lowest BCUT2D eigenvalue weighted by atomic mass is 9.78. The predicted octanol–water partition coefficient (Wildman–Crippen LogP) is 5.82. The van der Waals surface area contributed by atoms with Gasteiger partial charge in [0.15, 0.2) is 0 Å². The Labute approximate surface area is 216 Å². The van der Waals surface area contributed by atoms with Gasteiger partial charge in [0.1, 0.15) is 24.2 Å². The summed E-state index contributed by atoms with van der Waals surface area (Å²) in [6.07, 6.45) is -0.477. The first-order valence-electron chi connectivity index (χ1n) is 11.5. The van der Waals surface area contributed by atoms with E-state index in [1.807, 2.05) is 30.0 Å². The summed E-state index contributed by atoms with van der Waals surface area (Å²) in [6.45, 7) is 10.2. The second kappa shape index (κ2) is 12.7. The minimum atomic E-state index is -0.477. The number of halogens is 2. The highest BCUT2D eigenvalue weighted by molar-refractivity contribution is 9.10. The molecule has 1 N–H and O–H groups in total. The molecule has 0 spiro atoms. The molecule has 1 heterocycles. The van der Waals surface area contributed by atoms with Gasteiger partial charge in [-0.3, -0.25) is 4.90 Å². The zero-order valence-corrected chi connectivity index (χ0v) is 22.9. The zero-order valence-electron chi connectivity index (χ0n) is 19.7. The normalized spacial score (nSPS) is 16.9. The van der Waals surface area contributed by atoms with Crippen LogP contribution in [0.4, 0.5) is 0 Å². The summed E-state index contributed by atoms with van der Waals surface area (Å²) in [7, 11) is 0. The van der Waals surface area contributed by atoms with Crippen LogP contribution in [0, 0.1) is 5.92 Å². The van der Waals surface area contributed by atoms with E-state index in [-0.39, 0.29) is 5.41 Å². The fourth-order valence-electron chi connectivity index (χ4n) is 3.74. The van der Waals surface area contributed by atoms with Crippen molar-refractivity contribution >= 4 is 39.3 Å². The fraction of sp³-hybridized carbons (Fsp3) is 0.538. The van der Waals surface area contributed by atoms with Crippen molar-refractivity contribution in [3.63, 3.8) is 0 Å². The smallest absolute Gasteiger partial charge is 0.133 e. The van der Waals surface area contributed by atoms with E-state index in [1.54, 1.807) is 0 Å². The molecule has 0 amide bonds. The summed E-state index contributed by atoms with van der Waals surface area (Å²) in [5, 5.41) is 10.3. The molecule has 0 bridgehead atoms. The molecule has 2 atom stereocenters. The van der Waals surface area contributed by atoms with Crippen molar-refractivity contribution < 1.29 is 14.6 Å². The van der Waals surface area contributed by atoms with E-state index in [1.165, 1.54) is 11.1 Å². The lowest BCUT2D eigenvalue weighted by molar-refractivity contribution is 0.0715. The Kier molecular flexibility index (Phi) is 10.3. The number of β-amino-alcohol motifs (C(OH)–C–C–N with tert-alkyl or cyclic N) is 1. The van der Waals surface area contributed by atoms with Crippen LogP contribution in [-0.2, 0) is 5.41 Å². The molecule has 7 heteroatoms. The monoisotopic (exact) mass is 555 g/mol. The number of hydrogen-bond donors (Lipinski definition) is 1. The number of nitrogens with zero attached hydrogens (tertiary/aromatic N) is 1. The average molecular weight is 557 g/mol. The zero-order chi connectivity index (χ0) is 23.8. The molecule has 4 nitrogen and oxygen atoms in total. The van der Waals surface area contributed by atoms with Gasteiger partial charge in [-0.15, -0.1) is 11.6 Å². The van der Waals surface area contributed by atoms with Crippen LogP contribution in [0.25, 0.3) is 0 Å². The minimum absolute atomic E-state index is 0.186. The van der Waals surface area contributed by atoms with Crippen molar-refractivity contribution in [3.8, 4) is 11.5 Å². The van der Waals surface area contributed by atoms with Crippen molar-refractivity contribution in [2.75, 3.05) is 50.2 Å². The molecule has 2 aromatic carbocycles. The van der Waals surface area contributed by atoms with Gasteiger partial charge in [0.05, 0.1) is 11.1 Å². The van der Waals surface area contributed by atoms with Gasteiger partial charge in [0.2, 0.25) is 0 Å². The average Bonchev–Trinajstić information content (AvgIpc) is 2.82. The third-order valence-electron chi connectivity index (χ3n) is 6.03. The van der Waals surface area contributed by atoms with Gasteiger partial charge in [-0.25, -0.2) is 0 Å². The summed E-state index contributed by atoms with van der Waals surface area (Å²) < 4.78 is 12.7. The Morgan fingerprint density at radius 1 is 1.06 bits per heavy atom. The molecule has 0 unspecified atom stereocenters. The molecule has 1 fully saturated rings. The Balaban J connectivity index is 1.57. The number of hydrogen-bond acceptors (Lipinski definition) is 5. The van der Waals surface area contributed by atoms with E-state index >= 15 is 0 Å². The summed E-state index contributed by atoms with van der Waals surface area (Å²) in [5.41, 5.74) is 2.20. The Morgan fingerprint density at radius 2 is 1.73 bits per heavy atom. The molecular weight excluding hydrogens is 522 g/mol. The van der Waals surface area contributed by atoms with E-state index < -0.39 is 6.10 Å². The highest BCUT2D eigenvalue weighted by Crippen LogP contribution is 2.36. The van der Waals surface area contributed by atoms with Crippen LogP contribution in [0.3, 0.4) is 0 Å². The van der Waals surface area contributed by atoms with E-state index in [9.17, 15) is 5.11 Å². The molecule has 182 valence electrons. The largest absolute Gasteiger partial charge is 0.492 e. The molecule has 1 aliphatic heterocycles. The number of ether oxygens (including phenoxy) is 2. The molecule has 1 aliphatic rings. The number of aliphatic hydroxyl groups is 1. The van der Waals surface area contributed by atoms with Crippen molar-refractivity contribution in [2.45, 2.75) is 32.3 Å². The summed E-state index contributed by atoms with van der Waals surface area (Å²) in [4.78, 5) is 2.31. The van der Waals surface area contributed by atoms with E-state index in [0.717, 1.165) is 40.6 Å². The topological polar surface area (TPSA) is 41.9 Å². The first-order chi connectivity index (χ1) is 15.8. The Bertz CT molecular complexity index is 874. The molecule has 0 aliphatic carbocycles. The molecule has 0 radical (unpaired) electrons. The van der Waals surface area contributed by atoms with Crippen molar-refractivity contribution in [3.05, 3.63) is 58.1 Å². The molecule has 33 heavy (non-hydrogen) atoms. The van der Waals surface area contributed by atoms with Gasteiger partial charge in [-0.05, 0) is 51.3 Å². The number of aliphatic hydroxyl groups excluding tert-OH is 1. The van der Waals surface area contributed by atoms with Crippen LogP contribution in [0.2, 0.25) is 0 Å². The number of rotatable bonds is 11. The standard InChI is InChI=1S/C26H35BrClNO3S/c1-19(15-28)17-32-25-9-6-21(14-24(25)27)26(2,3)20-4-7-23(8-5-20)31-18-22(30)16-29-10-12-33-13-11-29/h4-9,14,19,22,30H,10-13,15-18H2,1-3H3/t19-,22+/m0/s1. The molecule has 0 saturated carbocycles. The molecule has 2 aromatic rings. The highest BCUT2D eigenvalue weighted by atomic mass is 79.9.